The van der Waals surface area contributed by atoms with Crippen molar-refractivity contribution in [2.24, 2.45) is 17.8 Å². The third-order valence-corrected chi connectivity index (χ3v) is 11.9. The SMILES string of the molecule is CC/C=C\CCCCOC(CCC(=O)OCC(COC(=O)OCC1CCCN(CC)C1)CC(=O)CCCCCCCOC(=O)C(CCCC)CCCCCC)OCCCC/C=C\CC. The molecule has 0 saturated carbocycles. The number of likely N-dealkylation sites (tertiary alicyclic amines) is 1. The molecule has 0 bridgehead atoms. The van der Waals surface area contributed by atoms with Gasteiger partial charge in [0.25, 0.3) is 0 Å². The number of hydrogen-bond donors (Lipinski definition) is 0. The van der Waals surface area contributed by atoms with Crippen LogP contribution in [0, 0.1) is 17.8 Å². The Morgan fingerprint density at radius 3 is 1.91 bits per heavy atom. The van der Waals surface area contributed by atoms with Crippen LogP contribution in [-0.4, -0.2) is 94.3 Å². The predicted molar refractivity (Wildman–Crippen MR) is 258 cm³/mol. The topological polar surface area (TPSA) is 127 Å². The van der Waals surface area contributed by atoms with E-state index in [4.69, 9.17) is 28.4 Å². The fourth-order valence-electron chi connectivity index (χ4n) is 7.93. The highest BCUT2D eigenvalue weighted by Crippen LogP contribution is 2.21. The van der Waals surface area contributed by atoms with Crippen LogP contribution in [0.4, 0.5) is 4.79 Å². The smallest absolute Gasteiger partial charge is 0.465 e. The summed E-state index contributed by atoms with van der Waals surface area (Å²) in [6.45, 7) is 15.4. The quantitative estimate of drug-likeness (QED) is 0.0191. The molecule has 11 heteroatoms. The first-order chi connectivity index (χ1) is 31.3. The van der Waals surface area contributed by atoms with E-state index in [2.05, 4.69) is 63.8 Å². The van der Waals surface area contributed by atoms with Crippen LogP contribution >= 0.6 is 0 Å². The molecule has 3 atom stereocenters. The minimum Gasteiger partial charge on any atom is -0.465 e. The zero-order valence-corrected chi connectivity index (χ0v) is 41.6. The number of hydrogen-bond acceptors (Lipinski definition) is 11. The summed E-state index contributed by atoms with van der Waals surface area (Å²) in [7, 11) is 0. The molecule has 0 radical (unpaired) electrons. The van der Waals surface area contributed by atoms with Gasteiger partial charge in [-0.15, -0.1) is 0 Å². The van der Waals surface area contributed by atoms with Gasteiger partial charge in [0.2, 0.25) is 0 Å². The lowest BCUT2D eigenvalue weighted by molar-refractivity contribution is -0.160. The molecular formula is C53H95NO10. The first-order valence-electron chi connectivity index (χ1n) is 26.1. The molecule has 3 unspecified atom stereocenters. The molecule has 0 aliphatic carbocycles. The number of allylic oxidation sites excluding steroid dienone is 4. The number of Topliss-reactive ketones (excluding diaryl/α,β-unsaturated/α-hetero) is 1. The Hall–Kier alpha value is -2.76. The van der Waals surface area contributed by atoms with E-state index in [0.29, 0.717) is 39.3 Å². The third kappa shape index (κ3) is 34.6. The van der Waals surface area contributed by atoms with Gasteiger partial charge in [0.15, 0.2) is 6.29 Å². The molecule has 1 rings (SSSR count). The highest BCUT2D eigenvalue weighted by Gasteiger charge is 2.23. The molecule has 0 spiro atoms. The first kappa shape index (κ1) is 59.3. The zero-order chi connectivity index (χ0) is 46.7. The Morgan fingerprint density at radius 1 is 0.609 bits per heavy atom. The lowest BCUT2D eigenvalue weighted by Gasteiger charge is -2.31. The molecule has 64 heavy (non-hydrogen) atoms. The van der Waals surface area contributed by atoms with Gasteiger partial charge >= 0.3 is 18.1 Å². The summed E-state index contributed by atoms with van der Waals surface area (Å²) in [6, 6.07) is 0. The molecule has 1 aliphatic heterocycles. The molecule has 0 N–H and O–H groups in total. The maximum absolute atomic E-state index is 13.2. The number of unbranched alkanes of at least 4 members (excludes halogenated alkanes) is 12. The average Bonchev–Trinajstić information content (AvgIpc) is 3.30. The number of rotatable bonds is 43. The Kier molecular flexibility index (Phi) is 39.7. The van der Waals surface area contributed by atoms with Gasteiger partial charge in [-0.25, -0.2) is 4.79 Å². The van der Waals surface area contributed by atoms with Crippen LogP contribution in [0.15, 0.2) is 24.3 Å². The van der Waals surface area contributed by atoms with Gasteiger partial charge in [0.05, 0.1) is 32.2 Å². The standard InChI is InChI=1S/C53H95NO10/c1-6-11-15-18-22-27-38-59-51(60-39-28-23-19-16-12-7-2)36-35-50(56)62-44-47(45-64-53(58)63-43-46-31-30-37-54(10-5)42-46)41-49(55)34-26-21-20-24-29-40-61-52(57)48(32-14-9-4)33-25-17-13-8-3/h11-12,15-16,46-48,51H,6-10,13-14,17-45H2,1-5H3/b15-11-,16-12-. The summed E-state index contributed by atoms with van der Waals surface area (Å²) in [5.41, 5.74) is 0. The van der Waals surface area contributed by atoms with Crippen LogP contribution in [0.25, 0.3) is 0 Å². The second-order valence-corrected chi connectivity index (χ2v) is 17.9. The van der Waals surface area contributed by atoms with Crippen molar-refractivity contribution >= 4 is 23.9 Å². The van der Waals surface area contributed by atoms with Crippen molar-refractivity contribution in [1.29, 1.82) is 0 Å². The Bertz CT molecular complexity index is 1180. The normalized spacial score (nSPS) is 15.5. The van der Waals surface area contributed by atoms with Crippen LogP contribution in [0.5, 0.6) is 0 Å². The number of ketones is 1. The first-order valence-corrected chi connectivity index (χ1v) is 26.1. The second-order valence-electron chi connectivity index (χ2n) is 17.9. The minimum atomic E-state index is -0.758. The van der Waals surface area contributed by atoms with E-state index >= 15 is 0 Å². The van der Waals surface area contributed by atoms with Gasteiger partial charge in [0.1, 0.15) is 12.4 Å². The van der Waals surface area contributed by atoms with Crippen molar-refractivity contribution in [1.82, 2.24) is 4.90 Å². The number of carbonyl (C=O) groups excluding carboxylic acids is 4. The van der Waals surface area contributed by atoms with Crippen LogP contribution < -0.4 is 0 Å². The molecule has 1 fully saturated rings. The van der Waals surface area contributed by atoms with E-state index in [-0.39, 0.29) is 49.6 Å². The lowest BCUT2D eigenvalue weighted by Crippen LogP contribution is -2.37. The van der Waals surface area contributed by atoms with Crippen molar-refractivity contribution in [2.75, 3.05) is 59.3 Å². The fourth-order valence-corrected chi connectivity index (χ4v) is 7.93. The van der Waals surface area contributed by atoms with E-state index in [1.54, 1.807) is 0 Å². The van der Waals surface area contributed by atoms with Crippen LogP contribution in [0.2, 0.25) is 0 Å². The van der Waals surface area contributed by atoms with E-state index in [1.165, 1.54) is 19.3 Å². The zero-order valence-electron chi connectivity index (χ0n) is 41.6. The molecule has 1 saturated heterocycles. The Morgan fingerprint density at radius 2 is 1.23 bits per heavy atom. The van der Waals surface area contributed by atoms with E-state index < -0.39 is 24.3 Å². The Balaban J connectivity index is 2.63. The van der Waals surface area contributed by atoms with Crippen LogP contribution in [0.3, 0.4) is 0 Å². The van der Waals surface area contributed by atoms with E-state index in [0.717, 1.165) is 148 Å². The third-order valence-electron chi connectivity index (χ3n) is 11.9. The van der Waals surface area contributed by atoms with Gasteiger partial charge in [-0.1, -0.05) is 117 Å². The predicted octanol–water partition coefficient (Wildman–Crippen LogP) is 13.1. The summed E-state index contributed by atoms with van der Waals surface area (Å²) in [5.74, 6) is -0.598. The second kappa shape index (κ2) is 42.8. The highest BCUT2D eigenvalue weighted by atomic mass is 16.7. The molecule has 0 aromatic rings. The van der Waals surface area contributed by atoms with Crippen molar-refractivity contribution in [3.63, 3.8) is 0 Å². The molecule has 0 amide bonds. The highest BCUT2D eigenvalue weighted by molar-refractivity contribution is 5.78. The molecule has 1 heterocycles. The Labute approximate surface area is 390 Å². The van der Waals surface area contributed by atoms with Gasteiger partial charge in [0, 0.05) is 50.9 Å². The van der Waals surface area contributed by atoms with Gasteiger partial charge in [-0.2, -0.15) is 0 Å². The molecule has 372 valence electrons. The van der Waals surface area contributed by atoms with E-state index in [1.807, 2.05) is 0 Å². The van der Waals surface area contributed by atoms with Gasteiger partial charge in [-0.05, 0) is 103 Å². The summed E-state index contributed by atoms with van der Waals surface area (Å²) >= 11 is 0. The fraction of sp³-hybridized carbons (Fsp3) is 0.849. The largest absolute Gasteiger partial charge is 0.508 e. The number of piperidine rings is 1. The number of ether oxygens (including phenoxy) is 6. The average molecular weight is 906 g/mol. The van der Waals surface area contributed by atoms with Gasteiger partial charge in [-0.3, -0.25) is 14.4 Å². The summed E-state index contributed by atoms with van der Waals surface area (Å²) in [4.78, 5) is 54.1. The number of carbonyl (C=O) groups is 4. The molecule has 0 aromatic carbocycles. The molecule has 1 aliphatic rings. The van der Waals surface area contributed by atoms with Crippen molar-refractivity contribution < 1.29 is 47.6 Å². The number of nitrogens with zero attached hydrogens (tertiary/aromatic N) is 1. The lowest BCUT2D eigenvalue weighted by atomic mass is 9.95. The molecular weight excluding hydrogens is 811 g/mol. The summed E-state index contributed by atoms with van der Waals surface area (Å²) < 4.78 is 34.5. The number of esters is 2. The summed E-state index contributed by atoms with van der Waals surface area (Å²) in [5, 5.41) is 0. The maximum atomic E-state index is 13.2. The monoisotopic (exact) mass is 906 g/mol. The van der Waals surface area contributed by atoms with Crippen molar-refractivity contribution in [3.05, 3.63) is 24.3 Å². The van der Waals surface area contributed by atoms with Crippen LogP contribution in [-0.2, 0) is 42.8 Å². The molecule has 0 aromatic heterocycles. The van der Waals surface area contributed by atoms with Crippen LogP contribution in [0.1, 0.15) is 208 Å². The maximum Gasteiger partial charge on any atom is 0.508 e. The van der Waals surface area contributed by atoms with Crippen molar-refractivity contribution in [3.8, 4) is 0 Å². The minimum absolute atomic E-state index is 0.0158. The van der Waals surface area contributed by atoms with E-state index in [9.17, 15) is 19.2 Å². The molecule has 11 nitrogen and oxygen atoms in total. The summed E-state index contributed by atoms with van der Waals surface area (Å²) in [6.07, 6.45) is 31.6. The van der Waals surface area contributed by atoms with Crippen molar-refractivity contribution in [2.45, 2.75) is 214 Å². The van der Waals surface area contributed by atoms with Gasteiger partial charge < -0.3 is 33.3 Å².